The van der Waals surface area contributed by atoms with E-state index in [1.54, 1.807) is 0 Å². The highest BCUT2D eigenvalue weighted by Gasteiger charge is 1.99. The van der Waals surface area contributed by atoms with Crippen LogP contribution < -0.4 is 0 Å². The molecule has 1 atom stereocenters. The standard InChI is InChI=1S/C12H20O3/c1-3-4-5-6-7-8-11(13)9-10-12(14)15-2/h11,13H,3-8H2,1-2H3/t11-/m0/s1. The molecule has 0 aliphatic heterocycles. The van der Waals surface area contributed by atoms with Crippen LogP contribution in [0.1, 0.15) is 45.4 Å². The highest BCUT2D eigenvalue weighted by atomic mass is 16.5. The minimum atomic E-state index is -0.703. The summed E-state index contributed by atoms with van der Waals surface area (Å²) >= 11 is 0. The van der Waals surface area contributed by atoms with Gasteiger partial charge in [-0.1, -0.05) is 38.5 Å². The molecule has 3 heteroatoms. The van der Waals surface area contributed by atoms with Crippen molar-refractivity contribution in [3.8, 4) is 11.8 Å². The van der Waals surface area contributed by atoms with Crippen LogP contribution in [-0.4, -0.2) is 24.3 Å². The van der Waals surface area contributed by atoms with E-state index in [4.69, 9.17) is 0 Å². The molecule has 86 valence electrons. The summed E-state index contributed by atoms with van der Waals surface area (Å²) in [7, 11) is 1.27. The van der Waals surface area contributed by atoms with Crippen LogP contribution in [0, 0.1) is 11.8 Å². The maximum Gasteiger partial charge on any atom is 0.384 e. The molecule has 0 unspecified atom stereocenters. The number of aliphatic hydroxyl groups is 1. The number of rotatable bonds is 6. The summed E-state index contributed by atoms with van der Waals surface area (Å²) in [6, 6.07) is 0. The lowest BCUT2D eigenvalue weighted by molar-refractivity contribution is -0.133. The monoisotopic (exact) mass is 212 g/mol. The first kappa shape index (κ1) is 14.0. The first-order valence-electron chi connectivity index (χ1n) is 5.48. The highest BCUT2D eigenvalue weighted by Crippen LogP contribution is 2.06. The molecule has 0 spiro atoms. The van der Waals surface area contributed by atoms with Crippen LogP contribution in [0.15, 0.2) is 0 Å². The molecule has 0 bridgehead atoms. The molecular formula is C12H20O3. The van der Waals surface area contributed by atoms with Crippen molar-refractivity contribution in [2.45, 2.75) is 51.6 Å². The molecule has 0 aliphatic carbocycles. The van der Waals surface area contributed by atoms with E-state index >= 15 is 0 Å². The fourth-order valence-electron chi connectivity index (χ4n) is 1.21. The Morgan fingerprint density at radius 1 is 1.33 bits per heavy atom. The zero-order valence-corrected chi connectivity index (χ0v) is 9.58. The average molecular weight is 212 g/mol. The van der Waals surface area contributed by atoms with Crippen LogP contribution in [0.5, 0.6) is 0 Å². The van der Waals surface area contributed by atoms with Gasteiger partial charge in [0.05, 0.1) is 7.11 Å². The van der Waals surface area contributed by atoms with E-state index in [-0.39, 0.29) is 0 Å². The molecule has 0 aromatic heterocycles. The highest BCUT2D eigenvalue weighted by molar-refractivity contribution is 5.88. The second-order valence-corrected chi connectivity index (χ2v) is 3.48. The van der Waals surface area contributed by atoms with Crippen molar-refractivity contribution in [1.29, 1.82) is 0 Å². The number of ether oxygens (including phenoxy) is 1. The quantitative estimate of drug-likeness (QED) is 0.316. The van der Waals surface area contributed by atoms with Gasteiger partial charge in [0.25, 0.3) is 0 Å². The molecule has 0 aromatic rings. The van der Waals surface area contributed by atoms with Crippen molar-refractivity contribution >= 4 is 5.97 Å². The maximum atomic E-state index is 10.6. The van der Waals surface area contributed by atoms with Crippen LogP contribution in [0.2, 0.25) is 0 Å². The van der Waals surface area contributed by atoms with Gasteiger partial charge >= 0.3 is 5.97 Å². The number of methoxy groups -OCH3 is 1. The summed E-state index contributed by atoms with van der Waals surface area (Å²) in [5.74, 6) is 4.08. The number of hydrogen-bond donors (Lipinski definition) is 1. The molecule has 0 saturated heterocycles. The SMILES string of the molecule is CCCCCCC[C@H](O)C#CC(=O)OC. The minimum Gasteiger partial charge on any atom is -0.459 e. The van der Waals surface area contributed by atoms with Gasteiger partial charge in [-0.15, -0.1) is 0 Å². The van der Waals surface area contributed by atoms with Crippen molar-refractivity contribution in [1.82, 2.24) is 0 Å². The molecule has 0 aromatic carbocycles. The molecule has 3 nitrogen and oxygen atoms in total. The van der Waals surface area contributed by atoms with Crippen molar-refractivity contribution in [2.24, 2.45) is 0 Å². The van der Waals surface area contributed by atoms with E-state index in [1.165, 1.54) is 26.4 Å². The Hall–Kier alpha value is -1.01. The maximum absolute atomic E-state index is 10.6. The Balaban J connectivity index is 3.51. The van der Waals surface area contributed by atoms with E-state index in [2.05, 4.69) is 23.5 Å². The fourth-order valence-corrected chi connectivity index (χ4v) is 1.21. The van der Waals surface area contributed by atoms with Crippen LogP contribution in [0.4, 0.5) is 0 Å². The minimum absolute atomic E-state index is 0.597. The number of carbonyl (C=O) groups excluding carboxylic acids is 1. The summed E-state index contributed by atoms with van der Waals surface area (Å²) in [6.07, 6.45) is 5.66. The molecule has 0 heterocycles. The molecule has 0 rings (SSSR count). The lowest BCUT2D eigenvalue weighted by Crippen LogP contribution is -2.04. The van der Waals surface area contributed by atoms with E-state index in [1.807, 2.05) is 0 Å². The van der Waals surface area contributed by atoms with Crippen molar-refractivity contribution in [3.05, 3.63) is 0 Å². The first-order valence-corrected chi connectivity index (χ1v) is 5.48. The van der Waals surface area contributed by atoms with E-state index in [0.29, 0.717) is 6.42 Å². The first-order chi connectivity index (χ1) is 7.20. The van der Waals surface area contributed by atoms with Crippen LogP contribution in [-0.2, 0) is 9.53 Å². The van der Waals surface area contributed by atoms with Gasteiger partial charge in [-0.3, -0.25) is 0 Å². The third kappa shape index (κ3) is 9.30. The van der Waals surface area contributed by atoms with Gasteiger partial charge in [-0.2, -0.15) is 0 Å². The molecule has 0 aliphatic rings. The summed E-state index contributed by atoms with van der Waals surface area (Å²) in [4.78, 5) is 10.6. The normalized spacial score (nSPS) is 11.4. The van der Waals surface area contributed by atoms with Gasteiger partial charge in [-0.05, 0) is 12.8 Å². The second kappa shape index (κ2) is 9.54. The Labute approximate surface area is 91.8 Å². The average Bonchev–Trinajstić information content (AvgIpc) is 2.25. The third-order valence-corrected chi connectivity index (χ3v) is 2.11. The van der Waals surface area contributed by atoms with E-state index in [0.717, 1.165) is 12.8 Å². The van der Waals surface area contributed by atoms with E-state index in [9.17, 15) is 9.90 Å². The Morgan fingerprint density at radius 2 is 2.00 bits per heavy atom. The summed E-state index contributed by atoms with van der Waals surface area (Å²) < 4.78 is 4.33. The summed E-state index contributed by atoms with van der Waals surface area (Å²) in [6.45, 7) is 2.16. The third-order valence-electron chi connectivity index (χ3n) is 2.11. The molecule has 0 amide bonds. The second-order valence-electron chi connectivity index (χ2n) is 3.48. The van der Waals surface area contributed by atoms with E-state index < -0.39 is 12.1 Å². The smallest absolute Gasteiger partial charge is 0.384 e. The van der Waals surface area contributed by atoms with Crippen molar-refractivity contribution in [3.63, 3.8) is 0 Å². The van der Waals surface area contributed by atoms with Gasteiger partial charge in [0, 0.05) is 5.92 Å². The largest absolute Gasteiger partial charge is 0.459 e. The van der Waals surface area contributed by atoms with Crippen LogP contribution >= 0.6 is 0 Å². The van der Waals surface area contributed by atoms with Crippen LogP contribution in [0.3, 0.4) is 0 Å². The van der Waals surface area contributed by atoms with Gasteiger partial charge in [0.15, 0.2) is 0 Å². The molecule has 0 saturated carbocycles. The summed E-state index contributed by atoms with van der Waals surface area (Å²) in [5.41, 5.74) is 0. The lowest BCUT2D eigenvalue weighted by Gasteiger charge is -2.02. The Morgan fingerprint density at radius 3 is 2.60 bits per heavy atom. The zero-order chi connectivity index (χ0) is 11.5. The number of hydrogen-bond acceptors (Lipinski definition) is 3. The van der Waals surface area contributed by atoms with Crippen molar-refractivity contribution < 1.29 is 14.6 Å². The lowest BCUT2D eigenvalue weighted by atomic mass is 10.1. The molecule has 15 heavy (non-hydrogen) atoms. The van der Waals surface area contributed by atoms with Gasteiger partial charge in [-0.25, -0.2) is 4.79 Å². The number of esters is 1. The molecule has 0 radical (unpaired) electrons. The fraction of sp³-hybridized carbons (Fsp3) is 0.750. The Kier molecular flexibility index (Phi) is 8.90. The van der Waals surface area contributed by atoms with Gasteiger partial charge in [0.2, 0.25) is 0 Å². The molecular weight excluding hydrogens is 192 g/mol. The number of aliphatic hydroxyl groups excluding tert-OH is 1. The van der Waals surface area contributed by atoms with Gasteiger partial charge < -0.3 is 9.84 Å². The predicted octanol–water partition coefficient (Wildman–Crippen LogP) is 1.88. The zero-order valence-electron chi connectivity index (χ0n) is 9.58. The van der Waals surface area contributed by atoms with Crippen LogP contribution in [0.25, 0.3) is 0 Å². The van der Waals surface area contributed by atoms with Gasteiger partial charge in [0.1, 0.15) is 6.10 Å². The number of carbonyl (C=O) groups is 1. The predicted molar refractivity (Wildman–Crippen MR) is 59.2 cm³/mol. The number of unbranched alkanes of at least 4 members (excludes halogenated alkanes) is 4. The summed E-state index contributed by atoms with van der Waals surface area (Å²) in [5, 5.41) is 9.37. The Bertz CT molecular complexity index is 225. The molecule has 1 N–H and O–H groups in total. The van der Waals surface area contributed by atoms with Crippen molar-refractivity contribution in [2.75, 3.05) is 7.11 Å². The molecule has 0 fully saturated rings. The topological polar surface area (TPSA) is 46.5 Å².